The molecule has 0 atom stereocenters. The van der Waals surface area contributed by atoms with Gasteiger partial charge in [-0.05, 0) is 107 Å². The number of Topliss-reactive ketones (excluding diaryl/α,β-unsaturated/α-hetero) is 1. The second-order valence-electron chi connectivity index (χ2n) is 9.42. The maximum absolute atomic E-state index is 13.2. The number of allylic oxidation sites excluding steroid dienone is 5. The van der Waals surface area contributed by atoms with E-state index in [4.69, 9.17) is 0 Å². The predicted octanol–water partition coefficient (Wildman–Crippen LogP) is 8.95. The highest BCUT2D eigenvalue weighted by Crippen LogP contribution is 2.52. The molecule has 37 heavy (non-hydrogen) atoms. The highest BCUT2D eigenvalue weighted by Gasteiger charge is 2.35. The third-order valence-electron chi connectivity index (χ3n) is 6.32. The van der Waals surface area contributed by atoms with Crippen LogP contribution in [0.2, 0.25) is 0 Å². The summed E-state index contributed by atoms with van der Waals surface area (Å²) in [6, 6.07) is 6.20. The van der Waals surface area contributed by atoms with Crippen LogP contribution in [0.3, 0.4) is 0 Å². The minimum atomic E-state index is -4.62. The summed E-state index contributed by atoms with van der Waals surface area (Å²) in [5.41, 5.74) is 4.36. The standard InChI is InChI=1S/C27H26Br4O5S/c1-11(2)17-24(30)19(13(5)22(28)26(17)32)21(15-9-7-8-10-16(15)37(34,35)36)20-14(6)23(29)27(33)18(12(3)4)25(20)31/h7-12,32H,1-6H3,(H,34,35,36). The van der Waals surface area contributed by atoms with E-state index >= 15 is 0 Å². The molecule has 0 heterocycles. The lowest BCUT2D eigenvalue weighted by molar-refractivity contribution is -0.112. The molecule has 0 saturated heterocycles. The molecule has 1 aliphatic carbocycles. The molecule has 0 spiro atoms. The summed E-state index contributed by atoms with van der Waals surface area (Å²) < 4.78 is 37.3. The zero-order valence-electron chi connectivity index (χ0n) is 21.0. The van der Waals surface area contributed by atoms with Crippen molar-refractivity contribution in [1.29, 1.82) is 0 Å². The number of rotatable bonds is 5. The van der Waals surface area contributed by atoms with Gasteiger partial charge in [-0.25, -0.2) is 0 Å². The van der Waals surface area contributed by atoms with Crippen molar-refractivity contribution in [2.45, 2.75) is 52.4 Å². The number of benzene rings is 2. The largest absolute Gasteiger partial charge is 0.506 e. The summed E-state index contributed by atoms with van der Waals surface area (Å²) in [4.78, 5) is 13.0. The van der Waals surface area contributed by atoms with Crippen molar-refractivity contribution < 1.29 is 22.9 Å². The van der Waals surface area contributed by atoms with Crippen LogP contribution in [0.25, 0.3) is 5.57 Å². The Morgan fingerprint density at radius 3 is 1.97 bits per heavy atom. The number of ketones is 1. The molecule has 0 unspecified atom stereocenters. The predicted molar refractivity (Wildman–Crippen MR) is 162 cm³/mol. The van der Waals surface area contributed by atoms with Crippen LogP contribution in [0, 0.1) is 12.8 Å². The van der Waals surface area contributed by atoms with E-state index in [0.717, 1.165) is 0 Å². The number of aromatic hydroxyl groups is 1. The van der Waals surface area contributed by atoms with Crippen LogP contribution in [0.1, 0.15) is 62.8 Å². The Labute approximate surface area is 251 Å². The molecule has 1 aliphatic rings. The Bertz CT molecular complexity index is 1530. The van der Waals surface area contributed by atoms with Gasteiger partial charge in [0.05, 0.1) is 8.96 Å². The van der Waals surface area contributed by atoms with Gasteiger partial charge in [-0.3, -0.25) is 9.35 Å². The van der Waals surface area contributed by atoms with Crippen LogP contribution in [0.15, 0.2) is 63.8 Å². The Kier molecular flexibility index (Phi) is 9.24. The summed E-state index contributed by atoms with van der Waals surface area (Å²) >= 11 is 14.4. The van der Waals surface area contributed by atoms with Crippen molar-refractivity contribution in [3.63, 3.8) is 0 Å². The zero-order chi connectivity index (χ0) is 28.1. The molecule has 2 aromatic rings. The van der Waals surface area contributed by atoms with Gasteiger partial charge in [0.2, 0.25) is 0 Å². The SMILES string of the molecule is CC1=C(Br)C(=O)C(C(C)C)=C(Br)C1=C(c1ccccc1S(=O)(=O)O)c1c(C)c(Br)c(O)c(C(C)C)c1Br. The van der Waals surface area contributed by atoms with E-state index in [1.807, 2.05) is 34.6 Å². The van der Waals surface area contributed by atoms with Crippen molar-refractivity contribution in [3.8, 4) is 5.75 Å². The van der Waals surface area contributed by atoms with Crippen LogP contribution in [0.4, 0.5) is 0 Å². The van der Waals surface area contributed by atoms with Gasteiger partial charge >= 0.3 is 0 Å². The monoisotopic (exact) mass is 778 g/mol. The molecule has 0 aromatic heterocycles. The Balaban J connectivity index is 2.77. The molecule has 2 N–H and O–H groups in total. The molecule has 0 radical (unpaired) electrons. The molecule has 0 amide bonds. The third-order valence-corrected chi connectivity index (χ3v) is 10.8. The summed E-state index contributed by atoms with van der Waals surface area (Å²) in [5.74, 6) is -0.302. The molecule has 2 aromatic carbocycles. The number of phenolic OH excluding ortho intramolecular Hbond substituents is 1. The van der Waals surface area contributed by atoms with E-state index in [1.165, 1.54) is 12.1 Å². The summed E-state index contributed by atoms with van der Waals surface area (Å²) in [6.45, 7) is 11.3. The van der Waals surface area contributed by atoms with Gasteiger partial charge < -0.3 is 5.11 Å². The van der Waals surface area contributed by atoms with Gasteiger partial charge in [-0.1, -0.05) is 45.9 Å². The van der Waals surface area contributed by atoms with E-state index in [0.29, 0.717) is 56.9 Å². The first-order chi connectivity index (χ1) is 17.0. The van der Waals surface area contributed by atoms with Crippen molar-refractivity contribution in [1.82, 2.24) is 0 Å². The fourth-order valence-corrected chi connectivity index (χ4v) is 8.33. The minimum Gasteiger partial charge on any atom is -0.506 e. The second kappa shape index (κ2) is 11.2. The van der Waals surface area contributed by atoms with E-state index in [9.17, 15) is 22.9 Å². The quantitative estimate of drug-likeness (QED) is 0.296. The molecule has 0 aliphatic heterocycles. The van der Waals surface area contributed by atoms with E-state index in [2.05, 4.69) is 63.7 Å². The van der Waals surface area contributed by atoms with Crippen LogP contribution in [-0.2, 0) is 14.9 Å². The topological polar surface area (TPSA) is 91.7 Å². The van der Waals surface area contributed by atoms with Crippen LogP contribution in [0.5, 0.6) is 5.75 Å². The average molecular weight is 782 g/mol. The third kappa shape index (κ3) is 5.39. The minimum absolute atomic E-state index is 0.0836. The van der Waals surface area contributed by atoms with E-state index < -0.39 is 10.1 Å². The van der Waals surface area contributed by atoms with Crippen LogP contribution in [-0.4, -0.2) is 23.9 Å². The zero-order valence-corrected chi connectivity index (χ0v) is 28.2. The highest BCUT2D eigenvalue weighted by molar-refractivity contribution is 9.12. The fourth-order valence-electron chi connectivity index (χ4n) is 4.54. The molecule has 0 bridgehead atoms. The molecule has 0 saturated carbocycles. The number of hydrogen-bond acceptors (Lipinski definition) is 4. The molecular formula is C27H26Br4O5S. The lowest BCUT2D eigenvalue weighted by atomic mass is 9.81. The molecule has 10 heteroatoms. The smallest absolute Gasteiger partial charge is 0.295 e. The number of halogens is 4. The number of phenols is 1. The van der Waals surface area contributed by atoms with Crippen LogP contribution >= 0.6 is 63.7 Å². The Hall–Kier alpha value is -1.04. The molecule has 3 rings (SSSR count). The highest BCUT2D eigenvalue weighted by atomic mass is 79.9. The van der Waals surface area contributed by atoms with Gasteiger partial charge in [0.1, 0.15) is 10.6 Å². The summed E-state index contributed by atoms with van der Waals surface area (Å²) in [5, 5.41) is 11.0. The van der Waals surface area contributed by atoms with Gasteiger partial charge in [-0.15, -0.1) is 0 Å². The Morgan fingerprint density at radius 2 is 1.46 bits per heavy atom. The first kappa shape index (κ1) is 30.5. The molecule has 198 valence electrons. The van der Waals surface area contributed by atoms with Crippen molar-refractivity contribution in [2.75, 3.05) is 0 Å². The summed E-state index contributed by atoms with van der Waals surface area (Å²) in [7, 11) is -4.62. The van der Waals surface area contributed by atoms with Gasteiger partial charge in [0.25, 0.3) is 10.1 Å². The van der Waals surface area contributed by atoms with Gasteiger partial charge in [0, 0.05) is 42.4 Å². The van der Waals surface area contributed by atoms with E-state index in [1.54, 1.807) is 19.1 Å². The van der Waals surface area contributed by atoms with Crippen molar-refractivity contribution in [2.24, 2.45) is 5.92 Å². The number of carbonyl (C=O) groups is 1. The first-order valence-electron chi connectivity index (χ1n) is 11.4. The van der Waals surface area contributed by atoms with Gasteiger partial charge in [0.15, 0.2) is 5.78 Å². The number of hydrogen-bond donors (Lipinski definition) is 2. The van der Waals surface area contributed by atoms with Crippen molar-refractivity contribution in [3.05, 3.63) is 81.1 Å². The number of carbonyl (C=O) groups excluding carboxylic acids is 1. The average Bonchev–Trinajstić information content (AvgIpc) is 2.79. The maximum atomic E-state index is 13.2. The molecule has 0 fully saturated rings. The lowest BCUT2D eigenvalue weighted by Gasteiger charge is -2.29. The normalized spacial score (nSPS) is 16.4. The second-order valence-corrected chi connectivity index (χ2v) is 14.0. The molecule has 5 nitrogen and oxygen atoms in total. The van der Waals surface area contributed by atoms with E-state index in [-0.39, 0.29) is 33.8 Å². The maximum Gasteiger partial charge on any atom is 0.295 e. The van der Waals surface area contributed by atoms with Crippen LogP contribution < -0.4 is 0 Å². The fraction of sp³-hybridized carbons (Fsp3) is 0.296. The Morgan fingerprint density at radius 1 is 0.892 bits per heavy atom. The first-order valence-corrected chi connectivity index (χ1v) is 16.0. The van der Waals surface area contributed by atoms with Crippen molar-refractivity contribution >= 4 is 85.2 Å². The summed E-state index contributed by atoms with van der Waals surface area (Å²) in [6.07, 6.45) is 0. The molecular weight excluding hydrogens is 756 g/mol. The lowest BCUT2D eigenvalue weighted by Crippen LogP contribution is -2.18. The van der Waals surface area contributed by atoms with Gasteiger partial charge in [-0.2, -0.15) is 8.42 Å².